The molecule has 1 rings (SSSR count). The molecule has 64 valence electrons. The highest BCUT2D eigenvalue weighted by molar-refractivity contribution is 5.50. The van der Waals surface area contributed by atoms with E-state index in [1.165, 1.54) is 12.1 Å². The van der Waals surface area contributed by atoms with E-state index in [1.807, 2.05) is 0 Å². The number of halogens is 1. The van der Waals surface area contributed by atoms with E-state index in [0.717, 1.165) is 11.8 Å². The summed E-state index contributed by atoms with van der Waals surface area (Å²) in [4.78, 5) is 10.0. The molecule has 0 spiro atoms. The summed E-state index contributed by atoms with van der Waals surface area (Å²) in [7, 11) is 0. The first-order valence-corrected chi connectivity index (χ1v) is 3.71. The van der Waals surface area contributed by atoms with Crippen LogP contribution in [-0.2, 0) is 11.2 Å². The molecule has 12 heavy (non-hydrogen) atoms. The van der Waals surface area contributed by atoms with Gasteiger partial charge < -0.3 is 10.5 Å². The van der Waals surface area contributed by atoms with Gasteiger partial charge >= 0.3 is 0 Å². The van der Waals surface area contributed by atoms with Crippen LogP contribution in [0.1, 0.15) is 12.0 Å². The van der Waals surface area contributed by atoms with E-state index < -0.39 is 5.82 Å². The van der Waals surface area contributed by atoms with Gasteiger partial charge in [-0.15, -0.1) is 0 Å². The highest BCUT2D eigenvalue weighted by Gasteiger charge is 1.98. The fourth-order valence-electron chi connectivity index (χ4n) is 0.952. The summed E-state index contributed by atoms with van der Waals surface area (Å²) in [5, 5.41) is 0. The molecule has 3 heteroatoms. The third-order valence-electron chi connectivity index (χ3n) is 1.62. The molecule has 0 amide bonds. The molecule has 2 nitrogen and oxygen atoms in total. The van der Waals surface area contributed by atoms with Crippen molar-refractivity contribution in [3.8, 4) is 0 Å². The zero-order valence-corrected chi connectivity index (χ0v) is 6.59. The second-order valence-electron chi connectivity index (χ2n) is 2.56. The molecule has 2 N–H and O–H groups in total. The average molecular weight is 167 g/mol. The van der Waals surface area contributed by atoms with Crippen molar-refractivity contribution < 1.29 is 9.18 Å². The lowest BCUT2D eigenvalue weighted by Gasteiger charge is -1.99. The van der Waals surface area contributed by atoms with Crippen molar-refractivity contribution in [2.45, 2.75) is 12.8 Å². The number of anilines is 1. The highest BCUT2D eigenvalue weighted by atomic mass is 19.1. The van der Waals surface area contributed by atoms with Crippen LogP contribution in [0, 0.1) is 5.82 Å². The van der Waals surface area contributed by atoms with Crippen molar-refractivity contribution in [3.63, 3.8) is 0 Å². The smallest absolute Gasteiger partial charge is 0.146 e. The molecule has 0 atom stereocenters. The first-order chi connectivity index (χ1) is 5.74. The van der Waals surface area contributed by atoms with Crippen LogP contribution in [0.4, 0.5) is 10.1 Å². The average Bonchev–Trinajstić information content (AvgIpc) is 2.07. The predicted octanol–water partition coefficient (Wildman–Crippen LogP) is 1.54. The number of aldehydes is 1. The summed E-state index contributed by atoms with van der Waals surface area (Å²) in [6, 6.07) is 4.59. The number of carbonyl (C=O) groups is 1. The van der Waals surface area contributed by atoms with Crippen molar-refractivity contribution >= 4 is 12.0 Å². The van der Waals surface area contributed by atoms with E-state index in [4.69, 9.17) is 5.73 Å². The zero-order chi connectivity index (χ0) is 8.97. The van der Waals surface area contributed by atoms with Crippen molar-refractivity contribution in [2.75, 3.05) is 5.73 Å². The molecular weight excluding hydrogens is 157 g/mol. The van der Waals surface area contributed by atoms with E-state index in [-0.39, 0.29) is 5.69 Å². The summed E-state index contributed by atoms with van der Waals surface area (Å²) in [6.45, 7) is 0. The molecule has 1 aromatic carbocycles. The van der Waals surface area contributed by atoms with Crippen LogP contribution < -0.4 is 5.73 Å². The van der Waals surface area contributed by atoms with Gasteiger partial charge in [-0.2, -0.15) is 0 Å². The normalized spacial score (nSPS) is 9.75. The van der Waals surface area contributed by atoms with E-state index >= 15 is 0 Å². The molecule has 1 aromatic rings. The Morgan fingerprint density at radius 1 is 1.50 bits per heavy atom. The van der Waals surface area contributed by atoms with Gasteiger partial charge in [-0.25, -0.2) is 4.39 Å². The van der Waals surface area contributed by atoms with Crippen molar-refractivity contribution in [1.29, 1.82) is 0 Å². The Labute approximate surface area is 70.2 Å². The minimum absolute atomic E-state index is 0.143. The predicted molar refractivity (Wildman–Crippen MR) is 45.2 cm³/mol. The molecule has 0 saturated carbocycles. The molecule has 0 heterocycles. The monoisotopic (exact) mass is 167 g/mol. The number of nitrogen functional groups attached to an aromatic ring is 1. The fraction of sp³-hybridized carbons (Fsp3) is 0.222. The molecule has 0 bridgehead atoms. The summed E-state index contributed by atoms with van der Waals surface area (Å²) >= 11 is 0. The van der Waals surface area contributed by atoms with Gasteiger partial charge in [-0.05, 0) is 24.1 Å². The van der Waals surface area contributed by atoms with Gasteiger partial charge in [0.1, 0.15) is 12.1 Å². The first kappa shape index (κ1) is 8.71. The quantitative estimate of drug-likeness (QED) is 0.548. The lowest BCUT2D eigenvalue weighted by molar-refractivity contribution is -0.107. The molecule has 0 aliphatic carbocycles. The molecule has 0 aliphatic rings. The lowest BCUT2D eigenvalue weighted by Crippen LogP contribution is -1.93. The molecule has 0 aliphatic heterocycles. The van der Waals surface area contributed by atoms with E-state index in [1.54, 1.807) is 6.07 Å². The number of nitrogens with two attached hydrogens (primary N) is 1. The van der Waals surface area contributed by atoms with Crippen LogP contribution >= 0.6 is 0 Å². The third-order valence-corrected chi connectivity index (χ3v) is 1.62. The maximum atomic E-state index is 12.8. The largest absolute Gasteiger partial charge is 0.396 e. The minimum Gasteiger partial charge on any atom is -0.396 e. The second kappa shape index (κ2) is 3.85. The maximum absolute atomic E-state index is 12.8. The van der Waals surface area contributed by atoms with Crippen molar-refractivity contribution in [2.24, 2.45) is 0 Å². The van der Waals surface area contributed by atoms with Crippen LogP contribution in [0.15, 0.2) is 18.2 Å². The Morgan fingerprint density at radius 2 is 2.25 bits per heavy atom. The van der Waals surface area contributed by atoms with Gasteiger partial charge in [0.25, 0.3) is 0 Å². The van der Waals surface area contributed by atoms with Gasteiger partial charge in [-0.1, -0.05) is 6.07 Å². The van der Waals surface area contributed by atoms with Gasteiger partial charge in [0.15, 0.2) is 0 Å². The number of hydrogen-bond acceptors (Lipinski definition) is 2. The Morgan fingerprint density at radius 3 is 2.83 bits per heavy atom. The van der Waals surface area contributed by atoms with Gasteiger partial charge in [-0.3, -0.25) is 0 Å². The molecule has 0 fully saturated rings. The van der Waals surface area contributed by atoms with Crippen LogP contribution in [0.25, 0.3) is 0 Å². The standard InChI is InChI=1S/C9H10FNO/c10-8-6-7(2-1-5-12)3-4-9(8)11/h3-6H,1-2,11H2. The van der Waals surface area contributed by atoms with Crippen LogP contribution in [-0.4, -0.2) is 6.29 Å². The molecule has 0 radical (unpaired) electrons. The number of benzene rings is 1. The molecule has 0 unspecified atom stereocenters. The van der Waals surface area contributed by atoms with E-state index in [2.05, 4.69) is 0 Å². The van der Waals surface area contributed by atoms with Crippen LogP contribution in [0.2, 0.25) is 0 Å². The van der Waals surface area contributed by atoms with Crippen LogP contribution in [0.5, 0.6) is 0 Å². The van der Waals surface area contributed by atoms with E-state index in [0.29, 0.717) is 12.8 Å². The minimum atomic E-state index is -0.418. The second-order valence-corrected chi connectivity index (χ2v) is 2.56. The van der Waals surface area contributed by atoms with Crippen molar-refractivity contribution in [1.82, 2.24) is 0 Å². The molecular formula is C9H10FNO. The lowest BCUT2D eigenvalue weighted by atomic mass is 10.1. The Balaban J connectivity index is 2.75. The summed E-state index contributed by atoms with van der Waals surface area (Å²) in [5.41, 5.74) is 6.22. The number of aryl methyl sites for hydroxylation is 1. The Hall–Kier alpha value is -1.38. The van der Waals surface area contributed by atoms with Crippen molar-refractivity contribution in [3.05, 3.63) is 29.6 Å². The summed E-state index contributed by atoms with van der Waals surface area (Å²) < 4.78 is 12.8. The third kappa shape index (κ3) is 2.05. The Bertz CT molecular complexity index is 286. The highest BCUT2D eigenvalue weighted by Crippen LogP contribution is 2.12. The zero-order valence-electron chi connectivity index (χ0n) is 6.59. The fourth-order valence-corrected chi connectivity index (χ4v) is 0.952. The summed E-state index contributed by atoms with van der Waals surface area (Å²) in [6.07, 6.45) is 1.80. The molecule has 0 aromatic heterocycles. The number of rotatable bonds is 3. The topological polar surface area (TPSA) is 43.1 Å². The van der Waals surface area contributed by atoms with E-state index in [9.17, 15) is 9.18 Å². The number of hydrogen-bond donors (Lipinski definition) is 1. The SMILES string of the molecule is Nc1ccc(CCC=O)cc1F. The van der Waals surface area contributed by atoms with Crippen LogP contribution in [0.3, 0.4) is 0 Å². The Kier molecular flexibility index (Phi) is 2.80. The molecule has 0 saturated heterocycles. The maximum Gasteiger partial charge on any atom is 0.146 e. The van der Waals surface area contributed by atoms with Gasteiger partial charge in [0, 0.05) is 6.42 Å². The van der Waals surface area contributed by atoms with Gasteiger partial charge in [0.2, 0.25) is 0 Å². The first-order valence-electron chi connectivity index (χ1n) is 3.71. The summed E-state index contributed by atoms with van der Waals surface area (Å²) in [5.74, 6) is -0.418. The number of carbonyl (C=O) groups excluding carboxylic acids is 1. The van der Waals surface area contributed by atoms with Gasteiger partial charge in [0.05, 0.1) is 5.69 Å².